The van der Waals surface area contributed by atoms with Crippen molar-refractivity contribution in [3.05, 3.63) is 53.6 Å². The molecule has 2 aromatic rings. The normalized spacial score (nSPS) is 12.1. The molecular formula is C14H16N4. The van der Waals surface area contributed by atoms with E-state index in [1.807, 2.05) is 36.1 Å². The molecule has 1 atom stereocenters. The molecule has 0 aliphatic carbocycles. The molecule has 2 aromatic heterocycles. The molecule has 0 radical (unpaired) electrons. The Balaban J connectivity index is 1.97. The third-order valence-electron chi connectivity index (χ3n) is 2.97. The van der Waals surface area contributed by atoms with Crippen molar-refractivity contribution in [3.8, 4) is 6.07 Å². The van der Waals surface area contributed by atoms with Gasteiger partial charge in [-0.15, -0.1) is 0 Å². The fourth-order valence-corrected chi connectivity index (χ4v) is 1.86. The summed E-state index contributed by atoms with van der Waals surface area (Å²) in [4.78, 5) is 4.11. The number of nitrogens with one attached hydrogen (secondary N) is 1. The van der Waals surface area contributed by atoms with Gasteiger partial charge in [0.25, 0.3) is 0 Å². The Morgan fingerprint density at radius 3 is 3.00 bits per heavy atom. The Morgan fingerprint density at radius 1 is 1.56 bits per heavy atom. The molecule has 0 unspecified atom stereocenters. The average molecular weight is 240 g/mol. The van der Waals surface area contributed by atoms with E-state index in [9.17, 15) is 0 Å². The fraction of sp³-hybridized carbons (Fsp3) is 0.286. The van der Waals surface area contributed by atoms with Gasteiger partial charge in [0.15, 0.2) is 0 Å². The van der Waals surface area contributed by atoms with E-state index in [0.717, 1.165) is 17.7 Å². The highest BCUT2D eigenvalue weighted by Gasteiger charge is 2.06. The maximum atomic E-state index is 8.89. The van der Waals surface area contributed by atoms with Gasteiger partial charge >= 0.3 is 0 Å². The van der Waals surface area contributed by atoms with Crippen LogP contribution < -0.4 is 5.32 Å². The van der Waals surface area contributed by atoms with Gasteiger partial charge in [-0.25, -0.2) is 0 Å². The third kappa shape index (κ3) is 2.76. The number of nitriles is 1. The zero-order valence-corrected chi connectivity index (χ0v) is 10.6. The van der Waals surface area contributed by atoms with E-state index in [1.165, 1.54) is 0 Å². The molecule has 0 saturated heterocycles. The molecule has 0 bridgehead atoms. The van der Waals surface area contributed by atoms with Crippen molar-refractivity contribution in [1.29, 1.82) is 5.26 Å². The van der Waals surface area contributed by atoms with E-state index in [2.05, 4.69) is 29.4 Å². The minimum atomic E-state index is 0.240. The standard InChI is InChI=1S/C14H16N4/c1-11(13-4-3-5-16-9-13)17-8-12-6-14(7-15)18(2)10-12/h3-6,9-11,17H,8H2,1-2H3/t11-/m1/s1. The predicted octanol–water partition coefficient (Wildman–Crippen LogP) is 2.14. The monoisotopic (exact) mass is 240 g/mol. The molecule has 0 fully saturated rings. The Morgan fingerprint density at radius 2 is 2.39 bits per heavy atom. The summed E-state index contributed by atoms with van der Waals surface area (Å²) >= 11 is 0. The van der Waals surface area contributed by atoms with Crippen LogP contribution >= 0.6 is 0 Å². The number of pyridine rings is 1. The van der Waals surface area contributed by atoms with E-state index in [4.69, 9.17) is 5.26 Å². The molecule has 0 spiro atoms. The lowest BCUT2D eigenvalue weighted by molar-refractivity contribution is 0.573. The van der Waals surface area contributed by atoms with Crippen LogP contribution in [-0.2, 0) is 13.6 Å². The highest BCUT2D eigenvalue weighted by Crippen LogP contribution is 2.12. The van der Waals surface area contributed by atoms with Crippen LogP contribution in [0.15, 0.2) is 36.8 Å². The molecule has 2 rings (SSSR count). The molecule has 0 aliphatic heterocycles. The van der Waals surface area contributed by atoms with E-state index >= 15 is 0 Å². The SMILES string of the molecule is C[C@@H](NCc1cc(C#N)n(C)c1)c1cccnc1. The molecular weight excluding hydrogens is 224 g/mol. The number of rotatable bonds is 4. The van der Waals surface area contributed by atoms with Crippen molar-refractivity contribution in [2.45, 2.75) is 19.5 Å². The molecule has 18 heavy (non-hydrogen) atoms. The van der Waals surface area contributed by atoms with Crippen LogP contribution in [0.1, 0.15) is 29.8 Å². The highest BCUT2D eigenvalue weighted by atomic mass is 14.9. The van der Waals surface area contributed by atoms with Crippen molar-refractivity contribution in [3.63, 3.8) is 0 Å². The molecule has 0 aliphatic rings. The summed E-state index contributed by atoms with van der Waals surface area (Å²) < 4.78 is 1.84. The largest absolute Gasteiger partial charge is 0.342 e. The molecule has 2 heterocycles. The number of aryl methyl sites for hydroxylation is 1. The quantitative estimate of drug-likeness (QED) is 0.890. The van der Waals surface area contributed by atoms with Crippen LogP contribution in [0, 0.1) is 11.3 Å². The molecule has 0 amide bonds. The Kier molecular flexibility index (Phi) is 3.75. The average Bonchev–Trinajstić information content (AvgIpc) is 2.77. The van der Waals surface area contributed by atoms with Crippen LogP contribution in [0.5, 0.6) is 0 Å². The molecule has 1 N–H and O–H groups in total. The van der Waals surface area contributed by atoms with Crippen molar-refractivity contribution in [2.75, 3.05) is 0 Å². The first-order valence-electron chi connectivity index (χ1n) is 5.89. The van der Waals surface area contributed by atoms with Gasteiger partial charge in [0.2, 0.25) is 0 Å². The van der Waals surface area contributed by atoms with Crippen molar-refractivity contribution in [1.82, 2.24) is 14.9 Å². The summed E-state index contributed by atoms with van der Waals surface area (Å²) in [5.74, 6) is 0. The van der Waals surface area contributed by atoms with E-state index in [-0.39, 0.29) is 6.04 Å². The first-order chi connectivity index (χ1) is 8.70. The van der Waals surface area contributed by atoms with Crippen molar-refractivity contribution >= 4 is 0 Å². The summed E-state index contributed by atoms with van der Waals surface area (Å²) in [5.41, 5.74) is 2.96. The maximum absolute atomic E-state index is 8.89. The zero-order chi connectivity index (χ0) is 13.0. The number of hydrogen-bond acceptors (Lipinski definition) is 3. The lowest BCUT2D eigenvalue weighted by Crippen LogP contribution is -2.17. The zero-order valence-electron chi connectivity index (χ0n) is 10.6. The molecule has 0 saturated carbocycles. The minimum absolute atomic E-state index is 0.240. The third-order valence-corrected chi connectivity index (χ3v) is 2.97. The second-order valence-electron chi connectivity index (χ2n) is 4.35. The van der Waals surface area contributed by atoms with Crippen LogP contribution in [0.3, 0.4) is 0 Å². The smallest absolute Gasteiger partial charge is 0.120 e. The summed E-state index contributed by atoms with van der Waals surface area (Å²) in [7, 11) is 1.88. The molecule has 92 valence electrons. The van der Waals surface area contributed by atoms with Gasteiger partial charge in [0, 0.05) is 38.2 Å². The lowest BCUT2D eigenvalue weighted by atomic mass is 10.1. The van der Waals surface area contributed by atoms with Gasteiger partial charge in [-0.05, 0) is 30.2 Å². The van der Waals surface area contributed by atoms with Crippen LogP contribution in [0.2, 0.25) is 0 Å². The summed E-state index contributed by atoms with van der Waals surface area (Å²) in [6.07, 6.45) is 5.61. The van der Waals surface area contributed by atoms with Gasteiger partial charge in [-0.2, -0.15) is 5.26 Å². The van der Waals surface area contributed by atoms with Crippen LogP contribution in [0.4, 0.5) is 0 Å². The Labute approximate surface area is 107 Å². The van der Waals surface area contributed by atoms with E-state index < -0.39 is 0 Å². The second-order valence-corrected chi connectivity index (χ2v) is 4.35. The number of aromatic nitrogens is 2. The van der Waals surface area contributed by atoms with E-state index in [0.29, 0.717) is 5.69 Å². The van der Waals surface area contributed by atoms with Gasteiger partial charge in [-0.1, -0.05) is 6.07 Å². The summed E-state index contributed by atoms with van der Waals surface area (Å²) in [6, 6.07) is 8.29. The molecule has 4 heteroatoms. The first-order valence-corrected chi connectivity index (χ1v) is 5.89. The number of hydrogen-bond donors (Lipinski definition) is 1. The van der Waals surface area contributed by atoms with E-state index in [1.54, 1.807) is 6.20 Å². The van der Waals surface area contributed by atoms with Crippen molar-refractivity contribution in [2.24, 2.45) is 7.05 Å². The van der Waals surface area contributed by atoms with Gasteiger partial charge in [0.1, 0.15) is 11.8 Å². The van der Waals surface area contributed by atoms with Gasteiger partial charge in [-0.3, -0.25) is 4.98 Å². The Hall–Kier alpha value is -2.12. The van der Waals surface area contributed by atoms with Gasteiger partial charge < -0.3 is 9.88 Å². The summed E-state index contributed by atoms with van der Waals surface area (Å²) in [5, 5.41) is 12.3. The lowest BCUT2D eigenvalue weighted by Gasteiger charge is -2.12. The van der Waals surface area contributed by atoms with Crippen LogP contribution in [-0.4, -0.2) is 9.55 Å². The van der Waals surface area contributed by atoms with Gasteiger partial charge in [0.05, 0.1) is 0 Å². The maximum Gasteiger partial charge on any atom is 0.120 e. The first kappa shape index (κ1) is 12.3. The fourth-order valence-electron chi connectivity index (χ4n) is 1.86. The minimum Gasteiger partial charge on any atom is -0.342 e. The molecule has 4 nitrogen and oxygen atoms in total. The number of nitrogens with zero attached hydrogens (tertiary/aromatic N) is 3. The predicted molar refractivity (Wildman–Crippen MR) is 69.6 cm³/mol. The van der Waals surface area contributed by atoms with Crippen molar-refractivity contribution < 1.29 is 0 Å². The molecule has 0 aromatic carbocycles. The Bertz CT molecular complexity index is 551. The summed E-state index contributed by atoms with van der Waals surface area (Å²) in [6.45, 7) is 2.84. The highest BCUT2D eigenvalue weighted by molar-refractivity contribution is 5.28. The topological polar surface area (TPSA) is 53.6 Å². The van der Waals surface area contributed by atoms with Crippen LogP contribution in [0.25, 0.3) is 0 Å². The second kappa shape index (κ2) is 5.48.